The fraction of sp³-hybridized carbons (Fsp3) is 0.267. The highest BCUT2D eigenvalue weighted by Crippen LogP contribution is 2.30. The van der Waals surface area contributed by atoms with E-state index in [1.165, 1.54) is 6.07 Å². The molecule has 1 heterocycles. The number of anilines is 1. The van der Waals surface area contributed by atoms with Gasteiger partial charge in [-0.2, -0.15) is 5.10 Å². The van der Waals surface area contributed by atoms with Crippen molar-refractivity contribution in [1.29, 1.82) is 0 Å². The summed E-state index contributed by atoms with van der Waals surface area (Å²) in [5.74, 6) is -1.13. The van der Waals surface area contributed by atoms with E-state index in [0.717, 1.165) is 0 Å². The first kappa shape index (κ1) is 16.8. The number of amides is 1. The van der Waals surface area contributed by atoms with Crippen molar-refractivity contribution in [3.05, 3.63) is 35.0 Å². The van der Waals surface area contributed by atoms with Crippen molar-refractivity contribution in [2.45, 2.75) is 26.4 Å². The summed E-state index contributed by atoms with van der Waals surface area (Å²) in [6, 6.07) is 6.13. The summed E-state index contributed by atoms with van der Waals surface area (Å²) >= 11 is 5.98. The molecule has 1 aromatic carbocycles. The lowest BCUT2D eigenvalue weighted by molar-refractivity contribution is 0.0634. The van der Waals surface area contributed by atoms with Crippen molar-refractivity contribution in [2.75, 3.05) is 5.32 Å². The Morgan fingerprint density at radius 3 is 2.57 bits per heavy atom. The molecule has 0 aliphatic rings. The number of nitrogens with one attached hydrogen (secondary N) is 2. The number of aromatic nitrogens is 2. The Hall–Kier alpha value is -2.54. The van der Waals surface area contributed by atoms with Crippen LogP contribution in [0.15, 0.2) is 24.3 Å². The van der Waals surface area contributed by atoms with E-state index in [1.807, 2.05) is 0 Å². The van der Waals surface area contributed by atoms with Gasteiger partial charge in [-0.1, -0.05) is 11.6 Å². The summed E-state index contributed by atoms with van der Waals surface area (Å²) in [6.45, 7) is 5.26. The summed E-state index contributed by atoms with van der Waals surface area (Å²) in [4.78, 5) is 22.9. The molecule has 23 heavy (non-hydrogen) atoms. The molecule has 0 spiro atoms. The van der Waals surface area contributed by atoms with Crippen molar-refractivity contribution in [1.82, 2.24) is 10.2 Å². The molecule has 0 atom stereocenters. The Kier molecular flexibility index (Phi) is 4.60. The van der Waals surface area contributed by atoms with Crippen LogP contribution >= 0.6 is 11.6 Å². The van der Waals surface area contributed by atoms with Crippen LogP contribution < -0.4 is 5.32 Å². The Labute approximate surface area is 137 Å². The summed E-state index contributed by atoms with van der Waals surface area (Å²) in [5.41, 5.74) is 0.526. The molecule has 0 unspecified atom stereocenters. The number of carboxylic acids is 1. The highest BCUT2D eigenvalue weighted by atomic mass is 35.5. The van der Waals surface area contributed by atoms with Crippen molar-refractivity contribution >= 4 is 29.4 Å². The number of ether oxygens (including phenoxy) is 1. The van der Waals surface area contributed by atoms with E-state index in [2.05, 4.69) is 15.5 Å². The number of aromatic carboxylic acids is 1. The molecule has 0 radical (unpaired) electrons. The van der Waals surface area contributed by atoms with E-state index in [-0.39, 0.29) is 5.69 Å². The molecule has 0 aliphatic carbocycles. The first-order chi connectivity index (χ1) is 10.7. The zero-order chi connectivity index (χ0) is 17.2. The predicted molar refractivity (Wildman–Crippen MR) is 85.8 cm³/mol. The normalized spacial score (nSPS) is 11.1. The minimum atomic E-state index is -1.13. The highest BCUT2D eigenvalue weighted by Gasteiger charge is 2.19. The molecule has 0 saturated carbocycles. The number of nitrogens with zero attached hydrogens (tertiary/aromatic N) is 1. The Bertz CT molecular complexity index is 749. The van der Waals surface area contributed by atoms with Crippen molar-refractivity contribution in [2.24, 2.45) is 0 Å². The number of carbonyl (C=O) groups excluding carboxylic acids is 1. The highest BCUT2D eigenvalue weighted by molar-refractivity contribution is 6.31. The van der Waals surface area contributed by atoms with Crippen LogP contribution in [-0.2, 0) is 4.74 Å². The number of H-pyrrole nitrogens is 1. The molecule has 1 amide bonds. The number of aromatic amines is 1. The first-order valence-corrected chi connectivity index (χ1v) is 7.12. The van der Waals surface area contributed by atoms with Gasteiger partial charge < -0.3 is 9.84 Å². The largest absolute Gasteiger partial charge is 0.477 e. The molecule has 2 rings (SSSR count). The van der Waals surface area contributed by atoms with Crippen molar-refractivity contribution in [3.63, 3.8) is 0 Å². The zero-order valence-corrected chi connectivity index (χ0v) is 13.6. The van der Waals surface area contributed by atoms with Crippen LogP contribution in [-0.4, -0.2) is 33.0 Å². The van der Waals surface area contributed by atoms with Crippen LogP contribution in [0.4, 0.5) is 10.5 Å². The Morgan fingerprint density at radius 1 is 1.30 bits per heavy atom. The molecule has 0 aliphatic heterocycles. The SMILES string of the molecule is CC(C)(C)OC(=O)Nc1ccc(Cl)cc1-c1cc(C(=O)O)[nH]n1. The van der Waals surface area contributed by atoms with Gasteiger partial charge in [0.2, 0.25) is 0 Å². The van der Waals surface area contributed by atoms with Gasteiger partial charge in [0.25, 0.3) is 0 Å². The second-order valence-electron chi connectivity index (χ2n) is 5.79. The molecule has 0 bridgehead atoms. The summed E-state index contributed by atoms with van der Waals surface area (Å²) in [5, 5.41) is 18.3. The third kappa shape index (κ3) is 4.46. The third-order valence-electron chi connectivity index (χ3n) is 2.70. The van der Waals surface area contributed by atoms with E-state index in [0.29, 0.717) is 22.0 Å². The molecular formula is C15H16ClN3O4. The maximum Gasteiger partial charge on any atom is 0.412 e. The van der Waals surface area contributed by atoms with Gasteiger partial charge in [-0.15, -0.1) is 0 Å². The molecular weight excluding hydrogens is 322 g/mol. The zero-order valence-electron chi connectivity index (χ0n) is 12.8. The van der Waals surface area contributed by atoms with Crippen LogP contribution in [0, 0.1) is 0 Å². The second kappa shape index (κ2) is 6.29. The minimum absolute atomic E-state index is 0.0665. The van der Waals surface area contributed by atoms with Gasteiger partial charge in [-0.05, 0) is 45.0 Å². The number of rotatable bonds is 3. The van der Waals surface area contributed by atoms with Crippen LogP contribution in [0.2, 0.25) is 5.02 Å². The second-order valence-corrected chi connectivity index (χ2v) is 6.23. The first-order valence-electron chi connectivity index (χ1n) is 6.74. The van der Waals surface area contributed by atoms with Gasteiger partial charge in [0.1, 0.15) is 11.3 Å². The molecule has 3 N–H and O–H groups in total. The minimum Gasteiger partial charge on any atom is -0.477 e. The smallest absolute Gasteiger partial charge is 0.412 e. The van der Waals surface area contributed by atoms with E-state index >= 15 is 0 Å². The quantitative estimate of drug-likeness (QED) is 0.790. The van der Waals surface area contributed by atoms with E-state index in [9.17, 15) is 9.59 Å². The van der Waals surface area contributed by atoms with Gasteiger partial charge >= 0.3 is 12.1 Å². The average molecular weight is 338 g/mol. The standard InChI is InChI=1S/C15H16ClN3O4/c1-15(2,3)23-14(22)17-10-5-4-8(16)6-9(10)11-7-12(13(20)21)19-18-11/h4-7H,1-3H3,(H,17,22)(H,18,19)(H,20,21). The van der Waals surface area contributed by atoms with E-state index < -0.39 is 17.7 Å². The molecule has 1 aromatic heterocycles. The number of benzene rings is 1. The molecule has 0 saturated heterocycles. The number of hydrogen-bond donors (Lipinski definition) is 3. The lowest BCUT2D eigenvalue weighted by Crippen LogP contribution is -2.27. The number of hydrogen-bond acceptors (Lipinski definition) is 4. The van der Waals surface area contributed by atoms with Gasteiger partial charge in [-0.25, -0.2) is 9.59 Å². The van der Waals surface area contributed by atoms with Gasteiger partial charge in [0.15, 0.2) is 0 Å². The number of carbonyl (C=O) groups is 2. The fourth-order valence-electron chi connectivity index (χ4n) is 1.82. The lowest BCUT2D eigenvalue weighted by atomic mass is 10.1. The monoisotopic (exact) mass is 337 g/mol. The van der Waals surface area contributed by atoms with Crippen LogP contribution in [0.25, 0.3) is 11.3 Å². The van der Waals surface area contributed by atoms with Crippen molar-refractivity contribution in [3.8, 4) is 11.3 Å². The molecule has 7 nitrogen and oxygen atoms in total. The fourth-order valence-corrected chi connectivity index (χ4v) is 1.99. The number of halogens is 1. The number of carboxylic acid groups (broad SMARTS) is 1. The molecule has 2 aromatic rings. The van der Waals surface area contributed by atoms with Crippen molar-refractivity contribution < 1.29 is 19.4 Å². The third-order valence-corrected chi connectivity index (χ3v) is 2.94. The van der Waals surface area contributed by atoms with Crippen LogP contribution in [0.1, 0.15) is 31.3 Å². The summed E-state index contributed by atoms with van der Waals surface area (Å²) < 4.78 is 5.20. The average Bonchev–Trinajstić information content (AvgIpc) is 2.88. The molecule has 0 fully saturated rings. The lowest BCUT2D eigenvalue weighted by Gasteiger charge is -2.20. The summed E-state index contributed by atoms with van der Waals surface area (Å²) in [7, 11) is 0. The van der Waals surface area contributed by atoms with E-state index in [4.69, 9.17) is 21.4 Å². The van der Waals surface area contributed by atoms with Gasteiger partial charge in [-0.3, -0.25) is 10.4 Å². The maximum atomic E-state index is 11.9. The topological polar surface area (TPSA) is 104 Å². The van der Waals surface area contributed by atoms with Gasteiger partial charge in [0, 0.05) is 10.6 Å². The maximum absolute atomic E-state index is 11.9. The van der Waals surface area contributed by atoms with E-state index in [1.54, 1.807) is 39.0 Å². The van der Waals surface area contributed by atoms with Gasteiger partial charge in [0.05, 0.1) is 11.4 Å². The Balaban J connectivity index is 2.33. The molecule has 122 valence electrons. The Morgan fingerprint density at radius 2 is 2.00 bits per heavy atom. The van der Waals surface area contributed by atoms with Crippen LogP contribution in [0.5, 0.6) is 0 Å². The summed E-state index contributed by atoms with van der Waals surface area (Å²) in [6.07, 6.45) is -0.630. The molecule has 8 heteroatoms. The van der Waals surface area contributed by atoms with Crippen LogP contribution in [0.3, 0.4) is 0 Å². The predicted octanol–water partition coefficient (Wildman–Crippen LogP) is 3.78.